The van der Waals surface area contributed by atoms with Gasteiger partial charge in [-0.15, -0.1) is 0 Å². The van der Waals surface area contributed by atoms with E-state index in [0.717, 1.165) is 23.7 Å². The average molecular weight is 752 g/mol. The lowest BCUT2D eigenvalue weighted by Gasteiger charge is -2.44. The van der Waals surface area contributed by atoms with Gasteiger partial charge in [-0.3, -0.25) is 0 Å². The summed E-state index contributed by atoms with van der Waals surface area (Å²) in [5, 5.41) is 2.57. The van der Waals surface area contributed by atoms with Crippen LogP contribution < -0.4 is 4.90 Å². The molecule has 1 spiro atoms. The molecule has 0 heterocycles. The van der Waals surface area contributed by atoms with Gasteiger partial charge in [0.1, 0.15) is 0 Å². The van der Waals surface area contributed by atoms with Crippen LogP contribution in [0, 0.1) is 23.7 Å². The molecule has 5 unspecified atom stereocenters. The van der Waals surface area contributed by atoms with Crippen molar-refractivity contribution in [2.75, 3.05) is 4.90 Å². The standard InChI is InChI=1S/C57H53N/c1-55(2)28-29-56(3,4)54-47(19-11-21-51(54)55)39-14-9-15-43(34-39)58(42-24-22-38(23-25-42)46-18-10-13-37-12-5-6-16-45(37)46)44-26-27-49-48-17-7-8-20-50(48)57(53(49)35-44)41-31-36-30-40(33-41)52(57)32-36/h5-27,34-36,40-41,52H,28-33H2,1-4H3. The van der Waals surface area contributed by atoms with Gasteiger partial charge in [0.25, 0.3) is 0 Å². The van der Waals surface area contributed by atoms with E-state index in [0.29, 0.717) is 0 Å². The normalized spacial score (nSPS) is 25.2. The maximum atomic E-state index is 2.64. The topological polar surface area (TPSA) is 3.24 Å². The second kappa shape index (κ2) is 12.3. The molecule has 4 bridgehead atoms. The third kappa shape index (κ3) is 4.83. The number of benzene rings is 7. The van der Waals surface area contributed by atoms with Crippen LogP contribution in [0.15, 0.2) is 152 Å². The third-order valence-corrected chi connectivity index (χ3v) is 16.1. The lowest BCUT2D eigenvalue weighted by Crippen LogP contribution is -2.40. The summed E-state index contributed by atoms with van der Waals surface area (Å²) in [5.41, 5.74) is 18.5. The molecular weight excluding hydrogens is 699 g/mol. The van der Waals surface area contributed by atoms with Gasteiger partial charge >= 0.3 is 0 Å². The quantitative estimate of drug-likeness (QED) is 0.169. The zero-order chi connectivity index (χ0) is 39.0. The second-order valence-electron chi connectivity index (χ2n) is 20.0. The third-order valence-electron chi connectivity index (χ3n) is 16.1. The predicted octanol–water partition coefficient (Wildman–Crippen LogP) is 15.3. The highest BCUT2D eigenvalue weighted by Gasteiger charge is 2.66. The van der Waals surface area contributed by atoms with E-state index in [-0.39, 0.29) is 16.2 Å². The minimum absolute atomic E-state index is 0.109. The van der Waals surface area contributed by atoms with Gasteiger partial charge in [0.15, 0.2) is 0 Å². The molecule has 0 saturated heterocycles. The summed E-state index contributed by atoms with van der Waals surface area (Å²) in [6, 6.07) is 58.4. The Hall–Kier alpha value is -5.40. The van der Waals surface area contributed by atoms with Gasteiger partial charge in [-0.05, 0) is 176 Å². The number of rotatable bonds is 5. The molecule has 7 aromatic carbocycles. The van der Waals surface area contributed by atoms with E-state index in [2.05, 4.69) is 184 Å². The summed E-state index contributed by atoms with van der Waals surface area (Å²) >= 11 is 0. The first-order valence-corrected chi connectivity index (χ1v) is 22.1. The van der Waals surface area contributed by atoms with E-state index in [1.807, 2.05) is 0 Å². The molecule has 0 aromatic heterocycles. The molecule has 6 aliphatic rings. The van der Waals surface area contributed by atoms with Crippen molar-refractivity contribution < 1.29 is 0 Å². The Bertz CT molecular complexity index is 2780. The summed E-state index contributed by atoms with van der Waals surface area (Å²) in [6.07, 6.45) is 8.04. The molecule has 0 radical (unpaired) electrons. The lowest BCUT2D eigenvalue weighted by atomic mass is 9.59. The molecule has 4 fully saturated rings. The van der Waals surface area contributed by atoms with Crippen LogP contribution in [0.3, 0.4) is 0 Å². The van der Waals surface area contributed by atoms with Crippen LogP contribution >= 0.6 is 0 Å². The van der Waals surface area contributed by atoms with Crippen LogP contribution in [0.2, 0.25) is 0 Å². The summed E-state index contributed by atoms with van der Waals surface area (Å²) in [4.78, 5) is 2.56. The van der Waals surface area contributed by atoms with Crippen LogP contribution in [0.25, 0.3) is 44.2 Å². The van der Waals surface area contributed by atoms with Gasteiger partial charge < -0.3 is 4.90 Å². The molecule has 1 heteroatoms. The van der Waals surface area contributed by atoms with Crippen molar-refractivity contribution in [2.24, 2.45) is 23.7 Å². The molecule has 286 valence electrons. The van der Waals surface area contributed by atoms with Gasteiger partial charge in [0, 0.05) is 22.5 Å². The molecule has 13 rings (SSSR count). The Kier molecular flexibility index (Phi) is 7.35. The number of fused-ring (bicyclic) bond motifs is 5. The van der Waals surface area contributed by atoms with Gasteiger partial charge in [0.2, 0.25) is 0 Å². The number of hydrogen-bond donors (Lipinski definition) is 0. The molecule has 6 aliphatic carbocycles. The molecule has 0 aliphatic heterocycles. The van der Waals surface area contributed by atoms with E-state index >= 15 is 0 Å². The Morgan fingerprint density at radius 2 is 1.14 bits per heavy atom. The van der Waals surface area contributed by atoms with Crippen LogP contribution in [0.1, 0.15) is 88.5 Å². The predicted molar refractivity (Wildman–Crippen MR) is 243 cm³/mol. The molecule has 4 saturated carbocycles. The van der Waals surface area contributed by atoms with Gasteiger partial charge in [-0.2, -0.15) is 0 Å². The fourth-order valence-electron chi connectivity index (χ4n) is 13.6. The molecule has 58 heavy (non-hydrogen) atoms. The Balaban J connectivity index is 1.04. The monoisotopic (exact) mass is 751 g/mol. The van der Waals surface area contributed by atoms with E-state index in [9.17, 15) is 0 Å². The van der Waals surface area contributed by atoms with Crippen molar-refractivity contribution in [3.05, 3.63) is 174 Å². The second-order valence-corrected chi connectivity index (χ2v) is 20.0. The zero-order valence-corrected chi connectivity index (χ0v) is 34.4. The van der Waals surface area contributed by atoms with Crippen LogP contribution in [0.4, 0.5) is 17.1 Å². The summed E-state index contributed by atoms with van der Waals surface area (Å²) < 4.78 is 0. The zero-order valence-electron chi connectivity index (χ0n) is 34.4. The minimum Gasteiger partial charge on any atom is -0.310 e. The average Bonchev–Trinajstić information content (AvgIpc) is 3.79. The van der Waals surface area contributed by atoms with Crippen molar-refractivity contribution in [3.63, 3.8) is 0 Å². The van der Waals surface area contributed by atoms with Crippen molar-refractivity contribution in [2.45, 2.75) is 82.5 Å². The minimum atomic E-state index is 0.109. The first-order chi connectivity index (χ1) is 28.2. The largest absolute Gasteiger partial charge is 0.310 e. The number of anilines is 3. The van der Waals surface area contributed by atoms with Gasteiger partial charge in [-0.25, -0.2) is 0 Å². The Morgan fingerprint density at radius 3 is 2.02 bits per heavy atom. The van der Waals surface area contributed by atoms with Crippen molar-refractivity contribution in [1.29, 1.82) is 0 Å². The van der Waals surface area contributed by atoms with E-state index in [1.54, 1.807) is 11.1 Å². The van der Waals surface area contributed by atoms with Crippen LogP contribution in [-0.2, 0) is 16.2 Å². The highest BCUT2D eigenvalue weighted by atomic mass is 15.1. The lowest BCUT2D eigenvalue weighted by molar-refractivity contribution is 0.191. The van der Waals surface area contributed by atoms with Crippen molar-refractivity contribution in [1.82, 2.24) is 0 Å². The first-order valence-electron chi connectivity index (χ1n) is 22.1. The highest BCUT2D eigenvalue weighted by Crippen LogP contribution is 2.73. The van der Waals surface area contributed by atoms with Gasteiger partial charge in [-0.1, -0.05) is 143 Å². The molecule has 0 N–H and O–H groups in total. The van der Waals surface area contributed by atoms with E-state index < -0.39 is 0 Å². The van der Waals surface area contributed by atoms with E-state index in [4.69, 9.17) is 0 Å². The first kappa shape index (κ1) is 34.6. The molecule has 1 nitrogen and oxygen atoms in total. The molecular formula is C57H53N. The molecule has 7 aromatic rings. The number of hydrogen-bond acceptors (Lipinski definition) is 1. The maximum absolute atomic E-state index is 2.64. The van der Waals surface area contributed by atoms with Crippen LogP contribution in [-0.4, -0.2) is 0 Å². The summed E-state index contributed by atoms with van der Waals surface area (Å²) in [7, 11) is 0. The van der Waals surface area contributed by atoms with Crippen LogP contribution in [0.5, 0.6) is 0 Å². The Morgan fingerprint density at radius 1 is 0.466 bits per heavy atom. The highest BCUT2D eigenvalue weighted by molar-refractivity contribution is 5.97. The summed E-state index contributed by atoms with van der Waals surface area (Å²) in [6.45, 7) is 9.79. The molecule has 5 atom stereocenters. The fourth-order valence-corrected chi connectivity index (χ4v) is 13.6. The van der Waals surface area contributed by atoms with Gasteiger partial charge in [0.05, 0.1) is 0 Å². The maximum Gasteiger partial charge on any atom is 0.0467 e. The number of nitrogens with zero attached hydrogens (tertiary/aromatic N) is 1. The van der Waals surface area contributed by atoms with Crippen molar-refractivity contribution in [3.8, 4) is 33.4 Å². The van der Waals surface area contributed by atoms with E-state index in [1.165, 1.54) is 111 Å². The fraction of sp³-hybridized carbons (Fsp3) is 0.298. The summed E-state index contributed by atoms with van der Waals surface area (Å²) in [5.74, 6) is 3.29. The molecule has 0 amide bonds. The smallest absolute Gasteiger partial charge is 0.0467 e. The Labute approximate surface area is 344 Å². The SMILES string of the molecule is CC1(C)CCC(C)(C)c2c(-c3cccc(N(c4ccc(-c5cccc6ccccc56)cc4)c4ccc5c(c4)C4(c6ccccc6-5)C5CC6CC(C5)C4C6)c3)cccc21. The van der Waals surface area contributed by atoms with Crippen molar-refractivity contribution >= 4 is 27.8 Å².